The van der Waals surface area contributed by atoms with Crippen LogP contribution in [0.1, 0.15) is 54.6 Å². The first-order chi connectivity index (χ1) is 17.0. The molecule has 0 bridgehead atoms. The van der Waals surface area contributed by atoms with Gasteiger partial charge in [0.15, 0.2) is 0 Å². The highest BCUT2D eigenvalue weighted by Crippen LogP contribution is 2.43. The molecule has 0 radical (unpaired) electrons. The van der Waals surface area contributed by atoms with Crippen molar-refractivity contribution in [3.8, 4) is 6.07 Å². The van der Waals surface area contributed by atoms with Crippen LogP contribution in [-0.2, 0) is 11.2 Å². The van der Waals surface area contributed by atoms with Gasteiger partial charge in [-0.2, -0.15) is 5.26 Å². The number of nitrogens with zero attached hydrogens (tertiary/aromatic N) is 4. The SMILES string of the molecule is CC(C(N)=O)n1c(=O)n(C2CCN(C3Cc4c(C#N)ccc5cccc3c45)CC2)c2ccccc21. The molecule has 6 rings (SSSR count). The van der Waals surface area contributed by atoms with E-state index in [9.17, 15) is 14.9 Å². The van der Waals surface area contributed by atoms with Crippen LogP contribution in [0.2, 0.25) is 0 Å². The highest BCUT2D eigenvalue weighted by molar-refractivity contribution is 5.93. The second-order valence-electron chi connectivity index (χ2n) is 9.73. The van der Waals surface area contributed by atoms with Crippen LogP contribution in [0.25, 0.3) is 21.8 Å². The summed E-state index contributed by atoms with van der Waals surface area (Å²) in [4.78, 5) is 27.9. The van der Waals surface area contributed by atoms with Crippen molar-refractivity contribution in [1.82, 2.24) is 14.0 Å². The smallest absolute Gasteiger partial charge is 0.330 e. The second kappa shape index (κ2) is 8.10. The Labute approximate surface area is 203 Å². The fourth-order valence-electron chi connectivity index (χ4n) is 6.21. The highest BCUT2D eigenvalue weighted by atomic mass is 16.2. The molecular formula is C28H27N5O2. The highest BCUT2D eigenvalue weighted by Gasteiger charge is 2.34. The maximum Gasteiger partial charge on any atom is 0.330 e. The van der Waals surface area contributed by atoms with Gasteiger partial charge in [-0.15, -0.1) is 0 Å². The second-order valence-corrected chi connectivity index (χ2v) is 9.73. The molecule has 2 atom stereocenters. The van der Waals surface area contributed by atoms with E-state index in [4.69, 9.17) is 5.73 Å². The normalized spacial score (nSPS) is 19.3. The first-order valence-electron chi connectivity index (χ1n) is 12.2. The summed E-state index contributed by atoms with van der Waals surface area (Å²) in [6, 6.07) is 20.0. The third-order valence-electron chi connectivity index (χ3n) is 7.98. The van der Waals surface area contributed by atoms with Crippen LogP contribution in [0.4, 0.5) is 0 Å². The van der Waals surface area contributed by atoms with Gasteiger partial charge in [0.1, 0.15) is 6.04 Å². The van der Waals surface area contributed by atoms with Crippen molar-refractivity contribution in [2.45, 2.75) is 44.3 Å². The minimum atomic E-state index is -0.708. The third kappa shape index (κ3) is 3.21. The van der Waals surface area contributed by atoms with Gasteiger partial charge in [-0.1, -0.05) is 36.4 Å². The van der Waals surface area contributed by atoms with E-state index in [1.54, 1.807) is 6.92 Å². The molecular weight excluding hydrogens is 438 g/mol. The maximum absolute atomic E-state index is 13.5. The molecule has 7 nitrogen and oxygen atoms in total. The number of primary amides is 1. The predicted octanol–water partition coefficient (Wildman–Crippen LogP) is 3.81. The molecule has 0 saturated carbocycles. The van der Waals surface area contributed by atoms with Gasteiger partial charge in [0.25, 0.3) is 0 Å². The molecule has 2 N–H and O–H groups in total. The Morgan fingerprint density at radius 3 is 2.51 bits per heavy atom. The van der Waals surface area contributed by atoms with Gasteiger partial charge in [0, 0.05) is 25.2 Å². The number of hydrogen-bond acceptors (Lipinski definition) is 4. The minimum absolute atomic E-state index is 0.0548. The number of amides is 1. The number of nitrogens with two attached hydrogens (primary N) is 1. The lowest BCUT2D eigenvalue weighted by atomic mass is 9.99. The van der Waals surface area contributed by atoms with Crippen LogP contribution >= 0.6 is 0 Å². The number of hydrogen-bond donors (Lipinski definition) is 1. The van der Waals surface area contributed by atoms with Gasteiger partial charge in [-0.25, -0.2) is 4.79 Å². The van der Waals surface area contributed by atoms with E-state index in [0.717, 1.165) is 54.5 Å². The Morgan fingerprint density at radius 2 is 1.80 bits per heavy atom. The molecule has 4 aromatic rings. The number of aromatic nitrogens is 2. The zero-order valence-corrected chi connectivity index (χ0v) is 19.6. The van der Waals surface area contributed by atoms with Crippen LogP contribution in [0.5, 0.6) is 0 Å². The zero-order valence-electron chi connectivity index (χ0n) is 19.6. The van der Waals surface area contributed by atoms with E-state index in [2.05, 4.69) is 29.2 Å². The van der Waals surface area contributed by atoms with E-state index < -0.39 is 11.9 Å². The number of carbonyl (C=O) groups excluding carboxylic acids is 1. The van der Waals surface area contributed by atoms with Crippen molar-refractivity contribution in [2.24, 2.45) is 5.73 Å². The van der Waals surface area contributed by atoms with Gasteiger partial charge in [-0.05, 0) is 66.3 Å². The maximum atomic E-state index is 13.5. The molecule has 1 fully saturated rings. The Kier molecular flexibility index (Phi) is 5.01. The standard InChI is InChI=1S/C28H27N5O2/c1-17(27(30)34)32-23-7-2-3-8-24(23)33(28(32)35)20-11-13-31(14-12-20)25-15-22-19(16-29)10-9-18-5-4-6-21(25)26(18)22/h2-10,17,20,25H,11-15H2,1H3,(H2,30,34). The molecule has 1 amide bonds. The first-order valence-corrected chi connectivity index (χ1v) is 12.2. The molecule has 176 valence electrons. The summed E-state index contributed by atoms with van der Waals surface area (Å²) in [7, 11) is 0. The zero-order chi connectivity index (χ0) is 24.3. The molecule has 3 aromatic carbocycles. The van der Waals surface area contributed by atoms with Crippen LogP contribution in [-0.4, -0.2) is 33.0 Å². The van der Waals surface area contributed by atoms with E-state index >= 15 is 0 Å². The van der Waals surface area contributed by atoms with Crippen molar-refractivity contribution < 1.29 is 4.79 Å². The number of para-hydroxylation sites is 2. The molecule has 1 aliphatic heterocycles. The van der Waals surface area contributed by atoms with Crippen molar-refractivity contribution in [3.63, 3.8) is 0 Å². The molecule has 7 heteroatoms. The number of carbonyl (C=O) groups is 1. The minimum Gasteiger partial charge on any atom is -0.368 e. The van der Waals surface area contributed by atoms with Crippen LogP contribution in [0, 0.1) is 11.3 Å². The number of likely N-dealkylation sites (tertiary alicyclic amines) is 1. The van der Waals surface area contributed by atoms with Crippen LogP contribution in [0.3, 0.4) is 0 Å². The summed E-state index contributed by atoms with van der Waals surface area (Å²) in [5, 5.41) is 12.1. The number of imidazole rings is 1. The number of nitriles is 1. The molecule has 1 saturated heterocycles. The van der Waals surface area contributed by atoms with E-state index in [0.29, 0.717) is 0 Å². The Balaban J connectivity index is 1.30. The molecule has 2 unspecified atom stereocenters. The summed E-state index contributed by atoms with van der Waals surface area (Å²) < 4.78 is 3.39. The Morgan fingerprint density at radius 1 is 1.06 bits per heavy atom. The average Bonchev–Trinajstić information content (AvgIpc) is 3.40. The van der Waals surface area contributed by atoms with Gasteiger partial charge >= 0.3 is 5.69 Å². The fourth-order valence-corrected chi connectivity index (χ4v) is 6.21. The van der Waals surface area contributed by atoms with Gasteiger partial charge in [-0.3, -0.25) is 18.8 Å². The van der Waals surface area contributed by atoms with E-state index in [-0.39, 0.29) is 17.8 Å². The topological polar surface area (TPSA) is 97.1 Å². The molecule has 1 aliphatic carbocycles. The molecule has 2 heterocycles. The molecule has 35 heavy (non-hydrogen) atoms. The quantitative estimate of drug-likeness (QED) is 0.496. The van der Waals surface area contributed by atoms with Crippen molar-refractivity contribution in [2.75, 3.05) is 13.1 Å². The number of piperidine rings is 1. The van der Waals surface area contributed by atoms with E-state index in [1.165, 1.54) is 20.9 Å². The molecule has 0 spiro atoms. The summed E-state index contributed by atoms with van der Waals surface area (Å²) in [6.45, 7) is 3.40. The Bertz CT molecular complexity index is 1580. The molecule has 1 aromatic heterocycles. The predicted molar refractivity (Wildman–Crippen MR) is 135 cm³/mol. The van der Waals surface area contributed by atoms with Crippen molar-refractivity contribution in [1.29, 1.82) is 5.26 Å². The first kappa shape index (κ1) is 21.6. The lowest BCUT2D eigenvalue weighted by molar-refractivity contribution is -0.120. The van der Waals surface area contributed by atoms with Crippen LogP contribution in [0.15, 0.2) is 59.4 Å². The lowest BCUT2D eigenvalue weighted by Gasteiger charge is -2.37. The van der Waals surface area contributed by atoms with Crippen molar-refractivity contribution in [3.05, 3.63) is 81.8 Å². The van der Waals surface area contributed by atoms with Gasteiger partial charge in [0.05, 0.1) is 22.7 Å². The van der Waals surface area contributed by atoms with Crippen LogP contribution < -0.4 is 11.4 Å². The van der Waals surface area contributed by atoms with Gasteiger partial charge < -0.3 is 5.73 Å². The fraction of sp³-hybridized carbons (Fsp3) is 0.321. The number of rotatable bonds is 4. The lowest BCUT2D eigenvalue weighted by Crippen LogP contribution is -2.40. The third-order valence-corrected chi connectivity index (χ3v) is 7.98. The van der Waals surface area contributed by atoms with E-state index in [1.807, 2.05) is 41.0 Å². The summed E-state index contributed by atoms with van der Waals surface area (Å²) in [5.41, 5.74) is 10.2. The monoisotopic (exact) mass is 465 g/mol. The largest absolute Gasteiger partial charge is 0.368 e. The molecule has 2 aliphatic rings. The number of benzene rings is 3. The van der Waals surface area contributed by atoms with Crippen molar-refractivity contribution >= 4 is 27.7 Å². The van der Waals surface area contributed by atoms with Gasteiger partial charge in [0.2, 0.25) is 5.91 Å². The summed E-state index contributed by atoms with van der Waals surface area (Å²) in [5.74, 6) is -0.517. The summed E-state index contributed by atoms with van der Waals surface area (Å²) >= 11 is 0. The summed E-state index contributed by atoms with van der Waals surface area (Å²) in [6.07, 6.45) is 2.53. The average molecular weight is 466 g/mol. The number of fused-ring (bicyclic) bond motifs is 1. The Hall–Kier alpha value is -3.89.